The Labute approximate surface area is 109 Å². The number of unbranched alkanes of at least 4 members (excludes halogenated alkanes) is 2. The molecule has 2 heteroatoms. The SMILES string of the molecule is CC/C=C\c1ccccc1CCCCCC(=O)O. The molecule has 2 nitrogen and oxygen atoms in total. The van der Waals surface area contributed by atoms with Crippen molar-refractivity contribution >= 4 is 12.0 Å². The van der Waals surface area contributed by atoms with Crippen LogP contribution in [-0.4, -0.2) is 11.1 Å². The number of aliphatic carboxylic acids is 1. The summed E-state index contributed by atoms with van der Waals surface area (Å²) in [5.41, 5.74) is 2.65. The maximum absolute atomic E-state index is 10.4. The van der Waals surface area contributed by atoms with Gasteiger partial charge in [-0.1, -0.05) is 49.8 Å². The van der Waals surface area contributed by atoms with Crippen LogP contribution in [0.4, 0.5) is 0 Å². The molecule has 1 aromatic rings. The summed E-state index contributed by atoms with van der Waals surface area (Å²) in [6.45, 7) is 2.13. The maximum Gasteiger partial charge on any atom is 0.303 e. The van der Waals surface area contributed by atoms with Crippen LogP contribution in [0.1, 0.15) is 50.2 Å². The molecule has 0 aliphatic rings. The Kier molecular flexibility index (Phi) is 6.85. The molecule has 18 heavy (non-hydrogen) atoms. The molecule has 0 saturated carbocycles. The van der Waals surface area contributed by atoms with Gasteiger partial charge in [-0.25, -0.2) is 0 Å². The predicted molar refractivity (Wildman–Crippen MR) is 75.6 cm³/mol. The summed E-state index contributed by atoms with van der Waals surface area (Å²) < 4.78 is 0. The number of aryl methyl sites for hydroxylation is 1. The average Bonchev–Trinajstić information content (AvgIpc) is 2.36. The number of carbonyl (C=O) groups is 1. The molecule has 0 aliphatic heterocycles. The van der Waals surface area contributed by atoms with E-state index >= 15 is 0 Å². The van der Waals surface area contributed by atoms with Gasteiger partial charge in [-0.05, 0) is 36.8 Å². The molecule has 0 aliphatic carbocycles. The molecule has 0 bridgehead atoms. The Morgan fingerprint density at radius 2 is 2.00 bits per heavy atom. The van der Waals surface area contributed by atoms with Crippen molar-refractivity contribution in [2.24, 2.45) is 0 Å². The molecular formula is C16H22O2. The lowest BCUT2D eigenvalue weighted by atomic mass is 10.0. The first-order valence-electron chi connectivity index (χ1n) is 6.70. The highest BCUT2D eigenvalue weighted by atomic mass is 16.4. The van der Waals surface area contributed by atoms with Crippen molar-refractivity contribution in [1.82, 2.24) is 0 Å². The van der Waals surface area contributed by atoms with Gasteiger partial charge in [0, 0.05) is 6.42 Å². The van der Waals surface area contributed by atoms with Gasteiger partial charge in [0.15, 0.2) is 0 Å². The summed E-state index contributed by atoms with van der Waals surface area (Å²) in [5, 5.41) is 8.56. The topological polar surface area (TPSA) is 37.3 Å². The number of rotatable bonds is 8. The number of carboxylic acid groups (broad SMARTS) is 1. The Hall–Kier alpha value is -1.57. The lowest BCUT2D eigenvalue weighted by Crippen LogP contribution is -1.95. The van der Waals surface area contributed by atoms with E-state index in [2.05, 4.69) is 43.3 Å². The number of benzene rings is 1. The molecule has 0 fully saturated rings. The smallest absolute Gasteiger partial charge is 0.303 e. The first kappa shape index (κ1) is 14.5. The Bertz CT molecular complexity index is 394. The average molecular weight is 246 g/mol. The quantitative estimate of drug-likeness (QED) is 0.694. The van der Waals surface area contributed by atoms with Gasteiger partial charge in [-0.3, -0.25) is 4.79 Å². The van der Waals surface area contributed by atoms with Gasteiger partial charge in [0.25, 0.3) is 0 Å². The van der Waals surface area contributed by atoms with Crippen molar-refractivity contribution in [3.63, 3.8) is 0 Å². The summed E-state index contributed by atoms with van der Waals surface area (Å²) in [6, 6.07) is 8.42. The Balaban J connectivity index is 2.41. The zero-order valence-electron chi connectivity index (χ0n) is 11.1. The summed E-state index contributed by atoms with van der Waals surface area (Å²) in [7, 11) is 0. The largest absolute Gasteiger partial charge is 0.481 e. The van der Waals surface area contributed by atoms with E-state index in [1.165, 1.54) is 11.1 Å². The van der Waals surface area contributed by atoms with Crippen molar-refractivity contribution < 1.29 is 9.90 Å². The summed E-state index contributed by atoms with van der Waals surface area (Å²) in [4.78, 5) is 10.4. The van der Waals surface area contributed by atoms with E-state index in [-0.39, 0.29) is 6.42 Å². The summed E-state index contributed by atoms with van der Waals surface area (Å²) in [5.74, 6) is -0.693. The van der Waals surface area contributed by atoms with Crippen LogP contribution in [0.2, 0.25) is 0 Å². The minimum atomic E-state index is -0.693. The second-order valence-electron chi connectivity index (χ2n) is 4.46. The molecule has 98 valence electrons. The van der Waals surface area contributed by atoms with Crippen LogP contribution in [-0.2, 0) is 11.2 Å². The highest BCUT2D eigenvalue weighted by Gasteiger charge is 2.00. The maximum atomic E-state index is 10.4. The van der Waals surface area contributed by atoms with E-state index in [0.29, 0.717) is 0 Å². The van der Waals surface area contributed by atoms with Crippen LogP contribution in [0.5, 0.6) is 0 Å². The molecular weight excluding hydrogens is 224 g/mol. The fourth-order valence-electron chi connectivity index (χ4n) is 1.94. The van der Waals surface area contributed by atoms with E-state index in [1.54, 1.807) is 0 Å². The van der Waals surface area contributed by atoms with Crippen LogP contribution in [0, 0.1) is 0 Å². The van der Waals surface area contributed by atoms with Crippen molar-refractivity contribution in [3.8, 4) is 0 Å². The Morgan fingerprint density at radius 1 is 1.22 bits per heavy atom. The number of carboxylic acids is 1. The highest BCUT2D eigenvalue weighted by Crippen LogP contribution is 2.15. The highest BCUT2D eigenvalue weighted by molar-refractivity contribution is 5.66. The monoisotopic (exact) mass is 246 g/mol. The van der Waals surface area contributed by atoms with Crippen LogP contribution < -0.4 is 0 Å². The molecule has 1 aromatic carbocycles. The standard InChI is InChI=1S/C16H22O2/c1-2-3-9-14-11-7-8-12-15(14)10-5-4-6-13-16(17)18/h3,7-9,11-12H,2,4-6,10,13H2,1H3,(H,17,18)/b9-3-. The minimum Gasteiger partial charge on any atom is -0.481 e. The normalized spacial score (nSPS) is 10.9. The lowest BCUT2D eigenvalue weighted by molar-refractivity contribution is -0.137. The molecule has 0 saturated heterocycles. The third kappa shape index (κ3) is 5.67. The van der Waals surface area contributed by atoms with Crippen LogP contribution in [0.15, 0.2) is 30.3 Å². The molecule has 0 spiro atoms. The predicted octanol–water partition coefficient (Wildman–Crippen LogP) is 4.30. The van der Waals surface area contributed by atoms with Crippen LogP contribution in [0.3, 0.4) is 0 Å². The van der Waals surface area contributed by atoms with Gasteiger partial charge in [-0.15, -0.1) is 0 Å². The van der Waals surface area contributed by atoms with Gasteiger partial charge in [0.05, 0.1) is 0 Å². The zero-order chi connectivity index (χ0) is 13.2. The third-order valence-corrected chi connectivity index (χ3v) is 2.92. The number of allylic oxidation sites excluding steroid dienone is 1. The third-order valence-electron chi connectivity index (χ3n) is 2.92. The zero-order valence-corrected chi connectivity index (χ0v) is 11.1. The lowest BCUT2D eigenvalue weighted by Gasteiger charge is -2.05. The van der Waals surface area contributed by atoms with Crippen molar-refractivity contribution in [2.45, 2.75) is 45.4 Å². The fraction of sp³-hybridized carbons (Fsp3) is 0.438. The molecule has 0 amide bonds. The van der Waals surface area contributed by atoms with Crippen LogP contribution >= 0.6 is 0 Å². The van der Waals surface area contributed by atoms with Crippen LogP contribution in [0.25, 0.3) is 6.08 Å². The first-order valence-corrected chi connectivity index (χ1v) is 6.70. The van der Waals surface area contributed by atoms with Crippen molar-refractivity contribution in [2.75, 3.05) is 0 Å². The van der Waals surface area contributed by atoms with E-state index in [0.717, 1.165) is 32.1 Å². The van der Waals surface area contributed by atoms with Gasteiger partial charge < -0.3 is 5.11 Å². The first-order chi connectivity index (χ1) is 8.74. The second kappa shape index (κ2) is 8.51. The summed E-state index contributed by atoms with van der Waals surface area (Å²) >= 11 is 0. The molecule has 0 unspecified atom stereocenters. The second-order valence-corrected chi connectivity index (χ2v) is 4.46. The van der Waals surface area contributed by atoms with E-state index in [1.807, 2.05) is 0 Å². The molecule has 0 aromatic heterocycles. The molecule has 0 heterocycles. The molecule has 0 atom stereocenters. The van der Waals surface area contributed by atoms with Crippen molar-refractivity contribution in [3.05, 3.63) is 41.5 Å². The Morgan fingerprint density at radius 3 is 2.72 bits per heavy atom. The van der Waals surface area contributed by atoms with E-state index in [4.69, 9.17) is 5.11 Å². The van der Waals surface area contributed by atoms with Crippen molar-refractivity contribution in [1.29, 1.82) is 0 Å². The molecule has 1 N–H and O–H groups in total. The number of hydrogen-bond donors (Lipinski definition) is 1. The van der Waals surface area contributed by atoms with Gasteiger partial charge in [0.2, 0.25) is 0 Å². The van der Waals surface area contributed by atoms with E-state index < -0.39 is 5.97 Å². The van der Waals surface area contributed by atoms with Gasteiger partial charge >= 0.3 is 5.97 Å². The molecule has 0 radical (unpaired) electrons. The minimum absolute atomic E-state index is 0.289. The molecule has 1 rings (SSSR count). The number of hydrogen-bond acceptors (Lipinski definition) is 1. The van der Waals surface area contributed by atoms with E-state index in [9.17, 15) is 4.79 Å². The van der Waals surface area contributed by atoms with Gasteiger partial charge in [0.1, 0.15) is 0 Å². The fourth-order valence-corrected chi connectivity index (χ4v) is 1.94. The van der Waals surface area contributed by atoms with Gasteiger partial charge in [-0.2, -0.15) is 0 Å². The summed E-state index contributed by atoms with van der Waals surface area (Å²) in [6.07, 6.45) is 9.54.